The first kappa shape index (κ1) is 18.2. The molecule has 0 unspecified atom stereocenters. The Morgan fingerprint density at radius 3 is 2.42 bits per heavy atom. The maximum atomic E-state index is 12.8. The van der Waals surface area contributed by atoms with Crippen LogP contribution in [0.2, 0.25) is 5.02 Å². The molecule has 3 rings (SSSR count). The fourth-order valence-electron chi connectivity index (χ4n) is 3.20. The Hall–Kier alpha value is -2.59. The van der Waals surface area contributed by atoms with Crippen LogP contribution in [0.3, 0.4) is 0 Å². The van der Waals surface area contributed by atoms with Crippen LogP contribution in [0.1, 0.15) is 35.5 Å². The Balaban J connectivity index is 1.78. The summed E-state index contributed by atoms with van der Waals surface area (Å²) in [6.07, 6.45) is 0.593. The number of carbonyl (C=O) groups is 2. The molecule has 0 spiro atoms. The van der Waals surface area contributed by atoms with Gasteiger partial charge in [-0.2, -0.15) is 0 Å². The van der Waals surface area contributed by atoms with Gasteiger partial charge in [-0.3, -0.25) is 9.59 Å². The van der Waals surface area contributed by atoms with Crippen LogP contribution < -0.4 is 5.32 Å². The van der Waals surface area contributed by atoms with Gasteiger partial charge in [0.25, 0.3) is 11.7 Å². The first-order valence-electron chi connectivity index (χ1n) is 8.45. The van der Waals surface area contributed by atoms with Crippen LogP contribution >= 0.6 is 11.6 Å². The molecule has 134 valence electrons. The number of aromatic nitrogens is 1. The summed E-state index contributed by atoms with van der Waals surface area (Å²) in [5, 5.41) is 4.30. The van der Waals surface area contributed by atoms with Gasteiger partial charge >= 0.3 is 0 Å². The van der Waals surface area contributed by atoms with Gasteiger partial charge in [0.2, 0.25) is 0 Å². The molecule has 0 radical (unpaired) electrons. The molecule has 0 aliphatic rings. The van der Waals surface area contributed by atoms with E-state index >= 15 is 0 Å². The number of benzene rings is 2. The van der Waals surface area contributed by atoms with E-state index in [4.69, 9.17) is 11.6 Å². The van der Waals surface area contributed by atoms with Crippen LogP contribution in [0.25, 0.3) is 10.9 Å². The topological polar surface area (TPSA) is 62.0 Å². The fraction of sp³-hybridized carbons (Fsp3) is 0.238. The average Bonchev–Trinajstić information content (AvgIpc) is 2.91. The minimum absolute atomic E-state index is 0.431. The van der Waals surface area contributed by atoms with Gasteiger partial charge in [-0.1, -0.05) is 41.9 Å². The summed E-state index contributed by atoms with van der Waals surface area (Å²) in [7, 11) is 0. The standard InChI is InChI=1S/C21H21ClN2O2/c1-13-18(16-6-4-5-7-17(16)23-13)19(25)20(26)24-21(2,3)12-14-8-10-15(22)11-9-14/h4-11,23H,12H2,1-3H3,(H,24,26). The number of nitrogens with one attached hydrogen (secondary N) is 2. The predicted octanol–water partition coefficient (Wildman–Crippen LogP) is 4.45. The number of rotatable bonds is 5. The van der Waals surface area contributed by atoms with Crippen molar-refractivity contribution >= 4 is 34.2 Å². The number of hydrogen-bond acceptors (Lipinski definition) is 2. The molecule has 2 N–H and O–H groups in total. The number of hydrogen-bond donors (Lipinski definition) is 2. The number of H-pyrrole nitrogens is 1. The summed E-state index contributed by atoms with van der Waals surface area (Å²) in [5.41, 5.74) is 2.44. The summed E-state index contributed by atoms with van der Waals surface area (Å²) < 4.78 is 0. The molecule has 1 heterocycles. The van der Waals surface area contributed by atoms with Crippen molar-refractivity contribution in [3.8, 4) is 0 Å². The first-order valence-corrected chi connectivity index (χ1v) is 8.83. The van der Waals surface area contributed by atoms with Crippen LogP contribution in [0.15, 0.2) is 48.5 Å². The van der Waals surface area contributed by atoms with E-state index in [9.17, 15) is 9.59 Å². The lowest BCUT2D eigenvalue weighted by molar-refractivity contribution is -0.118. The molecule has 1 amide bonds. The lowest BCUT2D eigenvalue weighted by Crippen LogP contribution is -2.48. The molecule has 0 saturated heterocycles. The molecule has 0 saturated carbocycles. The van der Waals surface area contributed by atoms with Crippen LogP contribution in [-0.4, -0.2) is 22.2 Å². The second-order valence-corrected chi connectivity index (χ2v) is 7.58. The fourth-order valence-corrected chi connectivity index (χ4v) is 3.33. The molecule has 0 bridgehead atoms. The van der Waals surface area contributed by atoms with E-state index in [1.54, 1.807) is 6.92 Å². The van der Waals surface area contributed by atoms with Crippen LogP contribution in [0.4, 0.5) is 0 Å². The second kappa shape index (κ2) is 6.96. The van der Waals surface area contributed by atoms with Gasteiger partial charge in [-0.05, 0) is 51.0 Å². The van der Waals surface area contributed by atoms with E-state index in [0.29, 0.717) is 22.7 Å². The lowest BCUT2D eigenvalue weighted by Gasteiger charge is -2.26. The SMILES string of the molecule is Cc1[nH]c2ccccc2c1C(=O)C(=O)NC(C)(C)Cc1ccc(Cl)cc1. The highest BCUT2D eigenvalue weighted by Gasteiger charge is 2.28. The summed E-state index contributed by atoms with van der Waals surface area (Å²) >= 11 is 5.91. The number of para-hydroxylation sites is 1. The van der Waals surface area contributed by atoms with Crippen molar-refractivity contribution in [2.24, 2.45) is 0 Å². The minimum Gasteiger partial charge on any atom is -0.358 e. The molecule has 26 heavy (non-hydrogen) atoms. The lowest BCUT2D eigenvalue weighted by atomic mass is 9.94. The Bertz CT molecular complexity index is 971. The van der Waals surface area contributed by atoms with Gasteiger partial charge < -0.3 is 10.3 Å². The number of carbonyl (C=O) groups excluding carboxylic acids is 2. The molecular formula is C21H21ClN2O2. The van der Waals surface area contributed by atoms with Gasteiger partial charge in [-0.25, -0.2) is 0 Å². The molecule has 4 nitrogen and oxygen atoms in total. The van der Waals surface area contributed by atoms with E-state index in [1.165, 1.54) is 0 Å². The van der Waals surface area contributed by atoms with Crippen molar-refractivity contribution in [2.75, 3.05) is 0 Å². The molecule has 5 heteroatoms. The van der Waals surface area contributed by atoms with E-state index in [-0.39, 0.29) is 0 Å². The highest BCUT2D eigenvalue weighted by molar-refractivity contribution is 6.45. The number of Topliss-reactive ketones (excluding diaryl/α,β-unsaturated/α-hetero) is 1. The maximum absolute atomic E-state index is 12.8. The zero-order valence-electron chi connectivity index (χ0n) is 15.0. The number of halogens is 1. The summed E-state index contributed by atoms with van der Waals surface area (Å²) in [5.74, 6) is -1.12. The molecule has 0 fully saturated rings. The van der Waals surface area contributed by atoms with Crippen molar-refractivity contribution in [1.29, 1.82) is 0 Å². The quantitative estimate of drug-likeness (QED) is 0.516. The summed E-state index contributed by atoms with van der Waals surface area (Å²) in [6, 6.07) is 14.9. The van der Waals surface area contributed by atoms with Crippen LogP contribution in [0.5, 0.6) is 0 Å². The number of aryl methyl sites for hydroxylation is 1. The molecule has 0 aliphatic heterocycles. The predicted molar refractivity (Wildman–Crippen MR) is 105 cm³/mol. The van der Waals surface area contributed by atoms with Crippen molar-refractivity contribution in [2.45, 2.75) is 32.7 Å². The zero-order chi connectivity index (χ0) is 18.9. The monoisotopic (exact) mass is 368 g/mol. The first-order chi connectivity index (χ1) is 12.3. The van der Waals surface area contributed by atoms with Crippen molar-refractivity contribution in [1.82, 2.24) is 10.3 Å². The van der Waals surface area contributed by atoms with Crippen LogP contribution in [0, 0.1) is 6.92 Å². The normalized spacial score (nSPS) is 11.5. The van der Waals surface area contributed by atoms with Crippen molar-refractivity contribution < 1.29 is 9.59 Å². The Kier molecular flexibility index (Phi) is 4.88. The minimum atomic E-state index is -0.600. The number of fused-ring (bicyclic) bond motifs is 1. The molecule has 0 atom stereocenters. The summed E-state index contributed by atoms with van der Waals surface area (Å²) in [6.45, 7) is 5.60. The highest BCUT2D eigenvalue weighted by Crippen LogP contribution is 2.23. The van der Waals surface area contributed by atoms with E-state index < -0.39 is 17.2 Å². The average molecular weight is 369 g/mol. The van der Waals surface area contributed by atoms with Gasteiger partial charge in [0, 0.05) is 27.2 Å². The van der Waals surface area contributed by atoms with Gasteiger partial charge in [0.1, 0.15) is 0 Å². The van der Waals surface area contributed by atoms with E-state index in [2.05, 4.69) is 10.3 Å². The Morgan fingerprint density at radius 1 is 1.08 bits per heavy atom. The highest BCUT2D eigenvalue weighted by atomic mass is 35.5. The summed E-state index contributed by atoms with van der Waals surface area (Å²) in [4.78, 5) is 28.5. The van der Waals surface area contributed by atoms with Gasteiger partial charge in [0.15, 0.2) is 0 Å². The number of aromatic amines is 1. The molecule has 2 aromatic carbocycles. The molecular weight excluding hydrogens is 348 g/mol. The molecule has 1 aromatic heterocycles. The third-order valence-corrected chi connectivity index (χ3v) is 4.59. The van der Waals surface area contributed by atoms with E-state index in [0.717, 1.165) is 16.5 Å². The number of amides is 1. The Morgan fingerprint density at radius 2 is 1.73 bits per heavy atom. The largest absolute Gasteiger partial charge is 0.358 e. The van der Waals surface area contributed by atoms with E-state index in [1.807, 2.05) is 62.4 Å². The third kappa shape index (κ3) is 3.81. The van der Waals surface area contributed by atoms with Crippen molar-refractivity contribution in [3.05, 3.63) is 70.4 Å². The number of ketones is 1. The smallest absolute Gasteiger partial charge is 0.292 e. The van der Waals surface area contributed by atoms with Gasteiger partial charge in [0.05, 0.1) is 5.56 Å². The van der Waals surface area contributed by atoms with Crippen LogP contribution in [-0.2, 0) is 11.2 Å². The maximum Gasteiger partial charge on any atom is 0.292 e. The second-order valence-electron chi connectivity index (χ2n) is 7.14. The van der Waals surface area contributed by atoms with Crippen molar-refractivity contribution in [3.63, 3.8) is 0 Å². The van der Waals surface area contributed by atoms with Gasteiger partial charge in [-0.15, -0.1) is 0 Å². The molecule has 3 aromatic rings. The Labute approximate surface area is 157 Å². The molecule has 0 aliphatic carbocycles. The third-order valence-electron chi connectivity index (χ3n) is 4.34. The zero-order valence-corrected chi connectivity index (χ0v) is 15.8.